The smallest absolute Gasteiger partial charge is 0.321 e. The van der Waals surface area contributed by atoms with Crippen LogP contribution in [0, 0.1) is 5.92 Å². The number of hydrogen-bond acceptors (Lipinski definition) is 6. The molecule has 2 N–H and O–H groups in total. The van der Waals surface area contributed by atoms with Crippen LogP contribution in [0.15, 0.2) is 11.4 Å². The van der Waals surface area contributed by atoms with Crippen molar-refractivity contribution < 1.29 is 9.59 Å². The fourth-order valence-corrected chi connectivity index (χ4v) is 5.19. The van der Waals surface area contributed by atoms with Crippen molar-refractivity contribution in [3.63, 3.8) is 0 Å². The van der Waals surface area contributed by atoms with E-state index in [1.807, 2.05) is 0 Å². The van der Waals surface area contributed by atoms with E-state index in [-0.39, 0.29) is 5.91 Å². The first kappa shape index (κ1) is 17.2. The van der Waals surface area contributed by atoms with Crippen molar-refractivity contribution in [3.05, 3.63) is 16.8 Å². The van der Waals surface area contributed by atoms with E-state index < -0.39 is 11.3 Å². The molecular weight excluding hydrogens is 344 g/mol. The molecule has 2 heterocycles. The molecule has 0 fully saturated rings. The summed E-state index contributed by atoms with van der Waals surface area (Å²) in [6.07, 6.45) is 4.85. The largest absolute Gasteiger partial charge is 0.341 e. The number of carbonyl (C=O) groups is 2. The van der Waals surface area contributed by atoms with E-state index in [9.17, 15) is 9.59 Å². The Bertz CT molecular complexity index is 790. The highest BCUT2D eigenvalue weighted by Gasteiger charge is 2.25. The second-order valence-corrected chi connectivity index (χ2v) is 8.45. The summed E-state index contributed by atoms with van der Waals surface area (Å²) >= 11 is 3.11. The molecule has 8 heteroatoms. The lowest BCUT2D eigenvalue weighted by Crippen LogP contribution is -2.41. The number of rotatable bonds is 3. The minimum absolute atomic E-state index is 0.330. The molecule has 2 aromatic rings. The van der Waals surface area contributed by atoms with Crippen LogP contribution in [0.4, 0.5) is 4.79 Å². The SMILES string of the molecule is CNC(=O)NC(=O)[C@@H](C)Sc1ncnc2sc3c(c12)CC[C@H](C)C3. The van der Waals surface area contributed by atoms with Gasteiger partial charge < -0.3 is 5.32 Å². The zero-order valence-electron chi connectivity index (χ0n) is 13.9. The van der Waals surface area contributed by atoms with Crippen LogP contribution < -0.4 is 10.6 Å². The first-order valence-corrected chi connectivity index (χ1v) is 9.63. The van der Waals surface area contributed by atoms with Crippen LogP contribution in [-0.2, 0) is 17.6 Å². The van der Waals surface area contributed by atoms with Gasteiger partial charge in [-0.3, -0.25) is 10.1 Å². The molecule has 0 spiro atoms. The van der Waals surface area contributed by atoms with Crippen LogP contribution in [0.25, 0.3) is 10.2 Å². The van der Waals surface area contributed by atoms with Crippen molar-refractivity contribution in [2.45, 2.75) is 43.4 Å². The first-order valence-electron chi connectivity index (χ1n) is 7.94. The molecule has 0 radical (unpaired) electrons. The van der Waals surface area contributed by atoms with E-state index in [0.717, 1.165) is 28.1 Å². The van der Waals surface area contributed by atoms with Crippen LogP contribution in [-0.4, -0.2) is 34.2 Å². The summed E-state index contributed by atoms with van der Waals surface area (Å²) in [5.41, 5.74) is 1.34. The predicted octanol–water partition coefficient (Wildman–Crippen LogP) is 2.75. The molecule has 0 bridgehead atoms. The number of thioether (sulfide) groups is 1. The van der Waals surface area contributed by atoms with Crippen molar-refractivity contribution in [2.75, 3.05) is 7.05 Å². The van der Waals surface area contributed by atoms with Crippen LogP contribution in [0.1, 0.15) is 30.7 Å². The lowest BCUT2D eigenvalue weighted by molar-refractivity contribution is -0.119. The second kappa shape index (κ2) is 7.06. The third-order valence-corrected chi connectivity index (χ3v) is 6.44. The number of imide groups is 1. The maximum Gasteiger partial charge on any atom is 0.321 e. The number of aryl methyl sites for hydroxylation is 1. The number of carbonyl (C=O) groups excluding carboxylic acids is 2. The highest BCUT2D eigenvalue weighted by atomic mass is 32.2. The van der Waals surface area contributed by atoms with E-state index in [2.05, 4.69) is 27.5 Å². The van der Waals surface area contributed by atoms with Gasteiger partial charge in [-0.15, -0.1) is 11.3 Å². The Kier molecular flexibility index (Phi) is 5.05. The van der Waals surface area contributed by atoms with Gasteiger partial charge in [0.25, 0.3) is 0 Å². The van der Waals surface area contributed by atoms with Gasteiger partial charge in [-0.25, -0.2) is 14.8 Å². The number of amides is 3. The molecule has 0 aromatic carbocycles. The fourth-order valence-electron chi connectivity index (χ4n) is 2.83. The van der Waals surface area contributed by atoms with Gasteiger partial charge >= 0.3 is 6.03 Å². The zero-order chi connectivity index (χ0) is 17.3. The average Bonchev–Trinajstić information content (AvgIpc) is 2.92. The Labute approximate surface area is 148 Å². The summed E-state index contributed by atoms with van der Waals surface area (Å²) in [7, 11) is 1.48. The first-order chi connectivity index (χ1) is 11.5. The standard InChI is InChI=1S/C16H20N4O2S2/c1-8-4-5-10-11(6-8)24-15-12(10)14(18-7-19-15)23-9(2)13(21)20-16(22)17-3/h7-9H,4-6H2,1-3H3,(H2,17,20,21,22)/t8-,9+/m0/s1. The van der Waals surface area contributed by atoms with Crippen LogP contribution in [0.2, 0.25) is 0 Å². The minimum Gasteiger partial charge on any atom is -0.341 e. The maximum atomic E-state index is 12.1. The van der Waals surface area contributed by atoms with Crippen LogP contribution >= 0.6 is 23.1 Å². The van der Waals surface area contributed by atoms with Gasteiger partial charge in [0.1, 0.15) is 16.2 Å². The number of hydrogen-bond donors (Lipinski definition) is 2. The van der Waals surface area contributed by atoms with E-state index in [4.69, 9.17) is 0 Å². The number of thiophene rings is 1. The fraction of sp³-hybridized carbons (Fsp3) is 0.500. The van der Waals surface area contributed by atoms with Crippen molar-refractivity contribution in [3.8, 4) is 0 Å². The predicted molar refractivity (Wildman–Crippen MR) is 96.5 cm³/mol. The summed E-state index contributed by atoms with van der Waals surface area (Å²) in [5, 5.41) is 6.19. The molecule has 6 nitrogen and oxygen atoms in total. The number of aromatic nitrogens is 2. The van der Waals surface area contributed by atoms with Crippen molar-refractivity contribution in [1.29, 1.82) is 0 Å². The van der Waals surface area contributed by atoms with Crippen molar-refractivity contribution in [2.24, 2.45) is 5.92 Å². The zero-order valence-corrected chi connectivity index (χ0v) is 15.5. The van der Waals surface area contributed by atoms with Gasteiger partial charge in [-0.1, -0.05) is 18.7 Å². The monoisotopic (exact) mass is 364 g/mol. The number of fused-ring (bicyclic) bond motifs is 3. The van der Waals surface area contributed by atoms with E-state index in [1.165, 1.54) is 35.7 Å². The van der Waals surface area contributed by atoms with E-state index in [1.54, 1.807) is 24.6 Å². The molecule has 2 atom stereocenters. The van der Waals surface area contributed by atoms with Crippen LogP contribution in [0.3, 0.4) is 0 Å². The Balaban J connectivity index is 1.87. The van der Waals surface area contributed by atoms with E-state index in [0.29, 0.717) is 5.92 Å². The van der Waals surface area contributed by atoms with Crippen molar-refractivity contribution in [1.82, 2.24) is 20.6 Å². The summed E-state index contributed by atoms with van der Waals surface area (Å²) in [6, 6.07) is -0.498. The Hall–Kier alpha value is -1.67. The number of nitrogens with one attached hydrogen (secondary N) is 2. The topological polar surface area (TPSA) is 84.0 Å². The lowest BCUT2D eigenvalue weighted by atomic mass is 9.89. The molecule has 0 saturated carbocycles. The van der Waals surface area contributed by atoms with Crippen LogP contribution in [0.5, 0.6) is 0 Å². The van der Waals surface area contributed by atoms with Gasteiger partial charge in [-0.2, -0.15) is 0 Å². The molecule has 1 aliphatic carbocycles. The summed E-state index contributed by atoms with van der Waals surface area (Å²) in [5.74, 6) is 0.371. The Morgan fingerprint density at radius 1 is 1.42 bits per heavy atom. The molecule has 2 aromatic heterocycles. The quantitative estimate of drug-likeness (QED) is 0.646. The van der Waals surface area contributed by atoms with Gasteiger partial charge in [0.05, 0.1) is 5.25 Å². The summed E-state index contributed by atoms with van der Waals surface area (Å²) < 4.78 is 0. The normalized spacial score (nSPS) is 18.0. The average molecular weight is 364 g/mol. The molecule has 24 heavy (non-hydrogen) atoms. The second-order valence-electron chi connectivity index (χ2n) is 6.04. The molecule has 0 aliphatic heterocycles. The molecule has 0 unspecified atom stereocenters. The molecule has 1 aliphatic rings. The number of urea groups is 1. The Morgan fingerprint density at radius 2 is 2.21 bits per heavy atom. The summed E-state index contributed by atoms with van der Waals surface area (Å²) in [6.45, 7) is 4.05. The van der Waals surface area contributed by atoms with Crippen molar-refractivity contribution >= 4 is 45.3 Å². The lowest BCUT2D eigenvalue weighted by Gasteiger charge is -2.18. The molecule has 3 amide bonds. The van der Waals surface area contributed by atoms with Gasteiger partial charge in [0.2, 0.25) is 5.91 Å². The van der Waals surface area contributed by atoms with E-state index >= 15 is 0 Å². The van der Waals surface area contributed by atoms with Gasteiger partial charge in [0.15, 0.2) is 0 Å². The third kappa shape index (κ3) is 3.39. The maximum absolute atomic E-state index is 12.1. The minimum atomic E-state index is -0.498. The highest BCUT2D eigenvalue weighted by Crippen LogP contribution is 2.41. The van der Waals surface area contributed by atoms with Gasteiger partial charge in [-0.05, 0) is 37.7 Å². The number of nitrogens with zero attached hydrogens (tertiary/aromatic N) is 2. The molecular formula is C16H20N4O2S2. The molecule has 0 saturated heterocycles. The third-order valence-electron chi connectivity index (χ3n) is 4.18. The highest BCUT2D eigenvalue weighted by molar-refractivity contribution is 8.00. The molecule has 3 rings (SSSR count). The summed E-state index contributed by atoms with van der Waals surface area (Å²) in [4.78, 5) is 34.6. The molecule has 128 valence electrons. The Morgan fingerprint density at radius 3 is 2.96 bits per heavy atom. The van der Waals surface area contributed by atoms with Gasteiger partial charge in [0, 0.05) is 17.3 Å².